The first-order valence-corrected chi connectivity index (χ1v) is 11.2. The van der Waals surface area contributed by atoms with Crippen LogP contribution in [-0.4, -0.2) is 55.3 Å². The van der Waals surface area contributed by atoms with Crippen molar-refractivity contribution in [1.82, 2.24) is 24.4 Å². The Morgan fingerprint density at radius 2 is 2.03 bits per heavy atom. The summed E-state index contributed by atoms with van der Waals surface area (Å²) in [5.41, 5.74) is 2.22. The molecule has 1 aliphatic heterocycles. The van der Waals surface area contributed by atoms with E-state index >= 15 is 0 Å². The number of nitrogens with zero attached hydrogens (tertiary/aromatic N) is 5. The summed E-state index contributed by atoms with van der Waals surface area (Å²) in [7, 11) is 0. The van der Waals surface area contributed by atoms with Crippen molar-refractivity contribution in [1.29, 1.82) is 0 Å². The second kappa shape index (κ2) is 9.29. The van der Waals surface area contributed by atoms with Crippen LogP contribution in [-0.2, 0) is 17.8 Å². The number of ether oxygens (including phenoxy) is 1. The standard InChI is InChI=1S/C22H23FN6O2S/c23-16-5-3-15(4-6-16)8-24-21-20-22(26-13-25-21)29(14-27-20)19-11-28(9-17(12-30)31-19)10-18-2-1-7-32-18/h1-7,13-14,17,19,30H,8-12H2,(H,24,25,26)/t17-,19+/m0/s1. The van der Waals surface area contributed by atoms with E-state index < -0.39 is 0 Å². The first-order chi connectivity index (χ1) is 15.7. The zero-order valence-corrected chi connectivity index (χ0v) is 18.1. The second-order valence-electron chi connectivity index (χ2n) is 7.70. The van der Waals surface area contributed by atoms with E-state index in [-0.39, 0.29) is 24.8 Å². The first kappa shape index (κ1) is 21.0. The van der Waals surface area contributed by atoms with E-state index in [2.05, 4.69) is 36.6 Å². The summed E-state index contributed by atoms with van der Waals surface area (Å²) in [6, 6.07) is 10.5. The van der Waals surface area contributed by atoms with Crippen LogP contribution in [0, 0.1) is 5.82 Å². The molecule has 10 heteroatoms. The van der Waals surface area contributed by atoms with Gasteiger partial charge in [-0.3, -0.25) is 9.47 Å². The third-order valence-electron chi connectivity index (χ3n) is 5.43. The highest BCUT2D eigenvalue weighted by Crippen LogP contribution is 2.27. The summed E-state index contributed by atoms with van der Waals surface area (Å²) < 4.78 is 21.2. The van der Waals surface area contributed by atoms with Crippen molar-refractivity contribution in [2.75, 3.05) is 25.0 Å². The highest BCUT2D eigenvalue weighted by Gasteiger charge is 2.30. The third-order valence-corrected chi connectivity index (χ3v) is 6.29. The SMILES string of the molecule is OC[C@@H]1CN(Cc2cccs2)C[C@H](n2cnc3c(NCc4ccc(F)cc4)ncnc32)O1. The highest BCUT2D eigenvalue weighted by molar-refractivity contribution is 7.09. The van der Waals surface area contributed by atoms with Crippen molar-refractivity contribution in [3.63, 3.8) is 0 Å². The van der Waals surface area contributed by atoms with Gasteiger partial charge in [-0.25, -0.2) is 19.3 Å². The van der Waals surface area contributed by atoms with Crippen molar-refractivity contribution >= 4 is 28.3 Å². The van der Waals surface area contributed by atoms with Gasteiger partial charge in [0.25, 0.3) is 0 Å². The summed E-state index contributed by atoms with van der Waals surface area (Å²) in [4.78, 5) is 16.8. The van der Waals surface area contributed by atoms with Gasteiger partial charge >= 0.3 is 0 Å². The van der Waals surface area contributed by atoms with E-state index in [1.165, 1.54) is 23.3 Å². The second-order valence-corrected chi connectivity index (χ2v) is 8.73. The van der Waals surface area contributed by atoms with Gasteiger partial charge in [0.15, 0.2) is 17.0 Å². The molecule has 0 saturated carbocycles. The summed E-state index contributed by atoms with van der Waals surface area (Å²) in [5, 5.41) is 15.1. The van der Waals surface area contributed by atoms with Crippen molar-refractivity contribution in [3.05, 3.63) is 70.7 Å². The summed E-state index contributed by atoms with van der Waals surface area (Å²) in [5.74, 6) is 0.335. The van der Waals surface area contributed by atoms with E-state index in [4.69, 9.17) is 4.74 Å². The number of benzene rings is 1. The Morgan fingerprint density at radius 1 is 1.16 bits per heavy atom. The Labute approximate surface area is 188 Å². The van der Waals surface area contributed by atoms with Crippen molar-refractivity contribution in [3.8, 4) is 0 Å². The van der Waals surface area contributed by atoms with Crippen LogP contribution in [0.2, 0.25) is 0 Å². The fourth-order valence-electron chi connectivity index (χ4n) is 3.88. The quantitative estimate of drug-likeness (QED) is 0.444. The molecule has 2 N–H and O–H groups in total. The molecule has 0 spiro atoms. The van der Waals surface area contributed by atoms with Gasteiger partial charge in [0.1, 0.15) is 18.4 Å². The largest absolute Gasteiger partial charge is 0.394 e. The van der Waals surface area contributed by atoms with Gasteiger partial charge in [-0.05, 0) is 29.1 Å². The predicted molar refractivity (Wildman–Crippen MR) is 120 cm³/mol. The zero-order chi connectivity index (χ0) is 21.9. The molecule has 0 radical (unpaired) electrons. The molecule has 0 bridgehead atoms. The number of aliphatic hydroxyl groups is 1. The lowest BCUT2D eigenvalue weighted by Crippen LogP contribution is -2.46. The van der Waals surface area contributed by atoms with Crippen molar-refractivity contribution in [2.45, 2.75) is 25.4 Å². The van der Waals surface area contributed by atoms with Crippen molar-refractivity contribution < 1.29 is 14.2 Å². The molecule has 0 amide bonds. The lowest BCUT2D eigenvalue weighted by atomic mass is 10.2. The van der Waals surface area contributed by atoms with E-state index in [1.807, 2.05) is 10.6 Å². The lowest BCUT2D eigenvalue weighted by molar-refractivity contribution is -0.135. The number of hydrogen-bond acceptors (Lipinski definition) is 8. The van der Waals surface area contributed by atoms with Crippen LogP contribution in [0.4, 0.5) is 10.2 Å². The van der Waals surface area contributed by atoms with Crippen LogP contribution in [0.1, 0.15) is 16.7 Å². The normalized spacial score (nSPS) is 19.4. The minimum atomic E-state index is -0.328. The maximum Gasteiger partial charge on any atom is 0.167 e. The molecular formula is C22H23FN6O2S. The van der Waals surface area contributed by atoms with E-state index in [0.29, 0.717) is 36.6 Å². The molecule has 4 heterocycles. The van der Waals surface area contributed by atoms with Crippen LogP contribution in [0.15, 0.2) is 54.4 Å². The number of halogens is 1. The fraction of sp³-hybridized carbons (Fsp3) is 0.318. The zero-order valence-electron chi connectivity index (χ0n) is 17.3. The number of rotatable bonds is 7. The maximum atomic E-state index is 13.1. The molecule has 3 aromatic heterocycles. The Bertz CT molecular complexity index is 1170. The molecule has 1 saturated heterocycles. The number of aliphatic hydroxyl groups excluding tert-OH is 1. The highest BCUT2D eigenvalue weighted by atomic mass is 32.1. The predicted octanol–water partition coefficient (Wildman–Crippen LogP) is 3.03. The number of aromatic nitrogens is 4. The fourth-order valence-corrected chi connectivity index (χ4v) is 4.62. The number of thiophene rings is 1. The molecule has 32 heavy (non-hydrogen) atoms. The van der Waals surface area contributed by atoms with Gasteiger partial charge in [-0.1, -0.05) is 18.2 Å². The molecule has 4 aromatic rings. The van der Waals surface area contributed by atoms with Gasteiger partial charge < -0.3 is 15.2 Å². The molecule has 2 atom stereocenters. The van der Waals surface area contributed by atoms with E-state index in [1.54, 1.807) is 29.8 Å². The molecule has 1 aliphatic rings. The Balaban J connectivity index is 1.36. The Morgan fingerprint density at radius 3 is 2.81 bits per heavy atom. The number of fused-ring (bicyclic) bond motifs is 1. The summed E-state index contributed by atoms with van der Waals surface area (Å²) in [6.45, 7) is 2.56. The minimum Gasteiger partial charge on any atom is -0.394 e. The summed E-state index contributed by atoms with van der Waals surface area (Å²) in [6.07, 6.45) is 2.58. The average Bonchev–Trinajstić information content (AvgIpc) is 3.48. The molecule has 1 aromatic carbocycles. The molecule has 5 rings (SSSR count). The summed E-state index contributed by atoms with van der Waals surface area (Å²) >= 11 is 1.72. The molecule has 8 nitrogen and oxygen atoms in total. The Hall–Kier alpha value is -2.92. The number of hydrogen-bond donors (Lipinski definition) is 2. The van der Waals surface area contributed by atoms with Crippen LogP contribution >= 0.6 is 11.3 Å². The van der Waals surface area contributed by atoms with Gasteiger partial charge in [0, 0.05) is 31.1 Å². The van der Waals surface area contributed by atoms with E-state index in [0.717, 1.165) is 12.1 Å². The van der Waals surface area contributed by atoms with E-state index in [9.17, 15) is 9.50 Å². The third kappa shape index (κ3) is 4.49. The van der Waals surface area contributed by atoms with Crippen LogP contribution in [0.25, 0.3) is 11.2 Å². The molecule has 166 valence electrons. The first-order valence-electron chi connectivity index (χ1n) is 10.4. The molecule has 0 unspecified atom stereocenters. The van der Waals surface area contributed by atoms with Gasteiger partial charge in [-0.2, -0.15) is 0 Å². The number of anilines is 1. The van der Waals surface area contributed by atoms with Gasteiger partial charge in [0.2, 0.25) is 0 Å². The topological polar surface area (TPSA) is 88.3 Å². The minimum absolute atomic E-state index is 0.0521. The number of imidazole rings is 1. The molecular weight excluding hydrogens is 431 g/mol. The Kier molecular flexibility index (Phi) is 6.08. The molecule has 0 aliphatic carbocycles. The van der Waals surface area contributed by atoms with Crippen LogP contribution in [0.3, 0.4) is 0 Å². The van der Waals surface area contributed by atoms with Gasteiger partial charge in [0.05, 0.1) is 19.0 Å². The number of morpholine rings is 1. The monoisotopic (exact) mass is 454 g/mol. The lowest BCUT2D eigenvalue weighted by Gasteiger charge is -2.37. The van der Waals surface area contributed by atoms with Crippen LogP contribution in [0.5, 0.6) is 0 Å². The molecule has 1 fully saturated rings. The maximum absolute atomic E-state index is 13.1. The van der Waals surface area contributed by atoms with Gasteiger partial charge in [-0.15, -0.1) is 11.3 Å². The smallest absolute Gasteiger partial charge is 0.167 e. The number of nitrogens with one attached hydrogen (secondary N) is 1. The van der Waals surface area contributed by atoms with Crippen molar-refractivity contribution in [2.24, 2.45) is 0 Å². The van der Waals surface area contributed by atoms with Crippen LogP contribution < -0.4 is 5.32 Å². The average molecular weight is 455 g/mol.